The van der Waals surface area contributed by atoms with E-state index in [0.29, 0.717) is 5.16 Å². The van der Waals surface area contributed by atoms with Gasteiger partial charge in [0.15, 0.2) is 20.0 Å². The van der Waals surface area contributed by atoms with E-state index < -0.39 is 24.4 Å². The van der Waals surface area contributed by atoms with Crippen molar-refractivity contribution in [1.82, 2.24) is 9.97 Å². The molecule has 0 atom stereocenters. The molecule has 0 spiro atoms. The van der Waals surface area contributed by atoms with Gasteiger partial charge in [-0.25, -0.2) is 26.8 Å². The molecule has 0 aliphatic carbocycles. The van der Waals surface area contributed by atoms with Crippen molar-refractivity contribution < 1.29 is 16.8 Å². The zero-order valence-electron chi connectivity index (χ0n) is 13.0. The Morgan fingerprint density at radius 3 is 2.22 bits per heavy atom. The Hall–Kier alpha value is -0.970. The first-order valence-corrected chi connectivity index (χ1v) is 11.5. The molecular formula is C13H16N2O4S4. The minimum atomic E-state index is -3.87. The lowest BCUT2D eigenvalue weighted by atomic mass is 10.3. The van der Waals surface area contributed by atoms with E-state index in [2.05, 4.69) is 9.97 Å². The summed E-state index contributed by atoms with van der Waals surface area (Å²) in [7, 11) is -7.46. The molecule has 2 heterocycles. The quantitative estimate of drug-likeness (QED) is 0.448. The third-order valence-corrected chi connectivity index (χ3v) is 9.73. The number of hydrogen-bond donors (Lipinski definition) is 0. The third kappa shape index (κ3) is 3.44. The van der Waals surface area contributed by atoms with E-state index in [1.807, 2.05) is 0 Å². The molecule has 10 heteroatoms. The van der Waals surface area contributed by atoms with Crippen molar-refractivity contribution in [2.75, 3.05) is 6.26 Å². The van der Waals surface area contributed by atoms with Crippen LogP contribution in [0.3, 0.4) is 0 Å². The van der Waals surface area contributed by atoms with Crippen LogP contribution in [0.2, 0.25) is 0 Å². The summed E-state index contributed by atoms with van der Waals surface area (Å²) in [5.74, 6) is 0. The maximum absolute atomic E-state index is 12.6. The Morgan fingerprint density at radius 1 is 1.04 bits per heavy atom. The number of nitrogens with zero attached hydrogens (tertiary/aromatic N) is 2. The summed E-state index contributed by atoms with van der Waals surface area (Å²) in [5.41, 5.74) is 0. The van der Waals surface area contributed by atoms with Crippen LogP contribution in [0.4, 0.5) is 0 Å². The van der Waals surface area contributed by atoms with Gasteiger partial charge in [0.1, 0.15) is 8.42 Å². The van der Waals surface area contributed by atoms with Crippen molar-refractivity contribution >= 4 is 42.8 Å². The molecule has 2 rings (SSSR count). The molecule has 0 aliphatic rings. The van der Waals surface area contributed by atoms with Gasteiger partial charge in [0.05, 0.1) is 4.75 Å². The molecule has 0 amide bonds. The topological polar surface area (TPSA) is 94.1 Å². The number of thioether (sulfide) groups is 1. The van der Waals surface area contributed by atoms with E-state index in [-0.39, 0.29) is 13.4 Å². The van der Waals surface area contributed by atoms with Crippen LogP contribution in [0.15, 0.2) is 43.0 Å². The number of aromatic nitrogens is 2. The highest BCUT2D eigenvalue weighted by Crippen LogP contribution is 2.34. The summed E-state index contributed by atoms with van der Waals surface area (Å²) in [5, 5.41) is 0.198. The number of hydrogen-bond acceptors (Lipinski definition) is 8. The Bertz CT molecular complexity index is 925. The summed E-state index contributed by atoms with van der Waals surface area (Å²) in [6.07, 6.45) is 3.11. The van der Waals surface area contributed by atoms with Crippen LogP contribution in [-0.2, 0) is 19.7 Å². The molecule has 0 saturated carbocycles. The maximum Gasteiger partial charge on any atom is 0.233 e. The first-order valence-electron chi connectivity index (χ1n) is 6.47. The van der Waals surface area contributed by atoms with Crippen molar-refractivity contribution in [3.8, 4) is 0 Å². The molecule has 23 heavy (non-hydrogen) atoms. The van der Waals surface area contributed by atoms with Gasteiger partial charge in [0, 0.05) is 6.20 Å². The van der Waals surface area contributed by atoms with E-state index in [9.17, 15) is 16.8 Å². The summed E-state index contributed by atoms with van der Waals surface area (Å²) < 4.78 is 49.0. The lowest BCUT2D eigenvalue weighted by Crippen LogP contribution is -2.27. The second kappa shape index (κ2) is 6.15. The molecule has 0 aliphatic heterocycles. The van der Waals surface area contributed by atoms with Crippen LogP contribution in [0, 0.1) is 0 Å². The van der Waals surface area contributed by atoms with Crippen molar-refractivity contribution in [2.24, 2.45) is 0 Å². The van der Waals surface area contributed by atoms with E-state index >= 15 is 0 Å². The molecule has 0 unspecified atom stereocenters. The van der Waals surface area contributed by atoms with E-state index in [1.54, 1.807) is 27.0 Å². The molecular weight excluding hydrogens is 376 g/mol. The van der Waals surface area contributed by atoms with Gasteiger partial charge in [-0.2, -0.15) is 0 Å². The van der Waals surface area contributed by atoms with Crippen LogP contribution in [0.1, 0.15) is 20.8 Å². The maximum atomic E-state index is 12.6. The van der Waals surface area contributed by atoms with Gasteiger partial charge in [0.25, 0.3) is 0 Å². The fourth-order valence-electron chi connectivity index (χ4n) is 1.57. The highest BCUT2D eigenvalue weighted by Gasteiger charge is 2.34. The van der Waals surface area contributed by atoms with Crippen LogP contribution < -0.4 is 0 Å². The average Bonchev–Trinajstić information content (AvgIpc) is 2.97. The number of rotatable bonds is 4. The third-order valence-electron chi connectivity index (χ3n) is 2.96. The van der Waals surface area contributed by atoms with Crippen LogP contribution >= 0.6 is 23.1 Å². The summed E-state index contributed by atoms with van der Waals surface area (Å²) in [6.45, 7) is 4.72. The molecule has 0 N–H and O–H groups in total. The van der Waals surface area contributed by atoms with Crippen LogP contribution in [0.5, 0.6) is 0 Å². The standard InChI is InChI=1S/C13H16N2O4S4/c1-13(2,3)23(18,19)11-6-5-10(21-11)22(16,17)9-7-8-14-12(15-9)20-4/h5-8H,1-4H3. The normalized spacial score (nSPS) is 13.2. The van der Waals surface area contributed by atoms with Crippen molar-refractivity contribution in [1.29, 1.82) is 0 Å². The Labute approximate surface area is 144 Å². The van der Waals surface area contributed by atoms with E-state index in [4.69, 9.17) is 0 Å². The van der Waals surface area contributed by atoms with Gasteiger partial charge < -0.3 is 0 Å². The largest absolute Gasteiger partial charge is 0.233 e. The minimum absolute atomic E-state index is 0.0303. The van der Waals surface area contributed by atoms with Crippen molar-refractivity contribution in [2.45, 2.75) is 44.1 Å². The van der Waals surface area contributed by atoms with Gasteiger partial charge in [-0.15, -0.1) is 11.3 Å². The smallest absolute Gasteiger partial charge is 0.231 e. The first kappa shape index (κ1) is 18.4. The van der Waals surface area contributed by atoms with E-state index in [0.717, 1.165) is 11.3 Å². The highest BCUT2D eigenvalue weighted by molar-refractivity contribution is 7.98. The Morgan fingerprint density at radius 2 is 1.65 bits per heavy atom. The lowest BCUT2D eigenvalue weighted by Gasteiger charge is -2.17. The molecule has 2 aromatic heterocycles. The SMILES string of the molecule is CSc1nccc(S(=O)(=O)c2ccc(S(=O)(=O)C(C)(C)C)s2)n1. The predicted molar refractivity (Wildman–Crippen MR) is 90.5 cm³/mol. The first-order chi connectivity index (χ1) is 10.5. The zero-order valence-corrected chi connectivity index (χ0v) is 16.2. The molecule has 6 nitrogen and oxygen atoms in total. The zero-order chi connectivity index (χ0) is 17.5. The number of sulfone groups is 2. The number of thiophene rings is 1. The summed E-state index contributed by atoms with van der Waals surface area (Å²) >= 11 is 1.97. The molecule has 126 valence electrons. The lowest BCUT2D eigenvalue weighted by molar-refractivity contribution is 0.562. The van der Waals surface area contributed by atoms with Gasteiger partial charge in [-0.1, -0.05) is 11.8 Å². The Balaban J connectivity index is 2.52. The van der Waals surface area contributed by atoms with Gasteiger partial charge in [-0.05, 0) is 45.2 Å². The monoisotopic (exact) mass is 392 g/mol. The van der Waals surface area contributed by atoms with Gasteiger partial charge in [-0.3, -0.25) is 0 Å². The summed E-state index contributed by atoms with van der Waals surface area (Å²) in [6, 6.07) is 3.93. The molecule has 0 radical (unpaired) electrons. The average molecular weight is 393 g/mol. The Kier molecular flexibility index (Phi) is 4.91. The van der Waals surface area contributed by atoms with Gasteiger partial charge in [0.2, 0.25) is 9.84 Å². The second-order valence-electron chi connectivity index (χ2n) is 5.57. The molecule has 0 aromatic carbocycles. The minimum Gasteiger partial charge on any atom is -0.231 e. The van der Waals surface area contributed by atoms with E-state index in [1.165, 1.54) is 36.2 Å². The van der Waals surface area contributed by atoms with Gasteiger partial charge >= 0.3 is 0 Å². The second-order valence-corrected chi connectivity index (χ2v) is 12.5. The van der Waals surface area contributed by atoms with Crippen LogP contribution in [0.25, 0.3) is 0 Å². The molecule has 0 fully saturated rings. The fourth-order valence-corrected chi connectivity index (χ4v) is 6.79. The highest BCUT2D eigenvalue weighted by atomic mass is 32.3. The predicted octanol–water partition coefficient (Wildman–Crippen LogP) is 2.67. The molecule has 0 saturated heterocycles. The van der Waals surface area contributed by atoms with Crippen LogP contribution in [-0.4, -0.2) is 37.8 Å². The fraction of sp³-hybridized carbons (Fsp3) is 0.385. The van der Waals surface area contributed by atoms with Crippen molar-refractivity contribution in [3.05, 3.63) is 24.4 Å². The molecule has 2 aromatic rings. The summed E-state index contributed by atoms with van der Waals surface area (Å²) in [4.78, 5) is 7.92. The van der Waals surface area contributed by atoms with Crippen molar-refractivity contribution in [3.63, 3.8) is 0 Å². The molecule has 0 bridgehead atoms.